The summed E-state index contributed by atoms with van der Waals surface area (Å²) in [5, 5.41) is 2.95. The predicted octanol–water partition coefficient (Wildman–Crippen LogP) is 2.52. The lowest BCUT2D eigenvalue weighted by Crippen LogP contribution is -2.44. The fourth-order valence-corrected chi connectivity index (χ4v) is 2.52. The summed E-state index contributed by atoms with van der Waals surface area (Å²) < 4.78 is 0. The maximum absolute atomic E-state index is 12.2. The topological polar surface area (TPSA) is 49.4 Å². The van der Waals surface area contributed by atoms with E-state index in [2.05, 4.69) is 12.2 Å². The number of hydrogen-bond acceptors (Lipinski definition) is 2. The summed E-state index contributed by atoms with van der Waals surface area (Å²) in [4.78, 5) is 26.1. The minimum atomic E-state index is -0.268. The molecule has 0 aliphatic carbocycles. The van der Waals surface area contributed by atoms with Crippen molar-refractivity contribution in [3.8, 4) is 0 Å². The summed E-state index contributed by atoms with van der Waals surface area (Å²) in [5.74, 6) is -0.278. The molecule has 1 aromatic rings. The third-order valence-electron chi connectivity index (χ3n) is 3.65. The first-order chi connectivity index (χ1) is 9.80. The molecule has 4 heteroatoms. The highest BCUT2D eigenvalue weighted by molar-refractivity contribution is 6.00. The number of nitrogens with zero attached hydrogens (tertiary/aromatic N) is 1. The van der Waals surface area contributed by atoms with Crippen LogP contribution in [0.15, 0.2) is 24.3 Å². The monoisotopic (exact) mass is 288 g/mol. The van der Waals surface area contributed by atoms with Crippen molar-refractivity contribution in [2.24, 2.45) is 5.92 Å². The maximum atomic E-state index is 12.2. The van der Waals surface area contributed by atoms with E-state index in [0.29, 0.717) is 6.54 Å². The molecular weight excluding hydrogens is 264 g/mol. The number of amides is 2. The first-order valence-corrected chi connectivity index (χ1v) is 7.51. The lowest BCUT2D eigenvalue weighted by Gasteiger charge is -2.23. The van der Waals surface area contributed by atoms with E-state index in [1.165, 1.54) is 5.56 Å². The normalized spacial score (nSPS) is 19.0. The van der Waals surface area contributed by atoms with E-state index in [9.17, 15) is 9.59 Å². The number of benzene rings is 1. The van der Waals surface area contributed by atoms with Crippen LogP contribution in [0.4, 0.5) is 5.69 Å². The van der Waals surface area contributed by atoms with Crippen LogP contribution in [-0.2, 0) is 16.0 Å². The van der Waals surface area contributed by atoms with Crippen molar-refractivity contribution in [3.05, 3.63) is 29.8 Å². The van der Waals surface area contributed by atoms with Gasteiger partial charge in [0.1, 0.15) is 0 Å². The Morgan fingerprint density at radius 3 is 2.43 bits per heavy atom. The Hall–Kier alpha value is -1.84. The SMILES string of the molecule is CCc1ccc(N2C[C@H](C(=O)NC(C)(C)C)CC2=O)cc1. The number of carbonyl (C=O) groups excluding carboxylic acids is 2. The van der Waals surface area contributed by atoms with Crippen LogP contribution in [0.3, 0.4) is 0 Å². The Bertz CT molecular complexity index is 529. The molecule has 1 atom stereocenters. The smallest absolute Gasteiger partial charge is 0.227 e. The third-order valence-corrected chi connectivity index (χ3v) is 3.65. The third kappa shape index (κ3) is 3.84. The number of anilines is 1. The Morgan fingerprint density at radius 1 is 1.29 bits per heavy atom. The highest BCUT2D eigenvalue weighted by atomic mass is 16.2. The van der Waals surface area contributed by atoms with Gasteiger partial charge in [0.15, 0.2) is 0 Å². The Morgan fingerprint density at radius 2 is 1.90 bits per heavy atom. The molecule has 0 saturated carbocycles. The van der Waals surface area contributed by atoms with Gasteiger partial charge in [0, 0.05) is 24.2 Å². The standard InChI is InChI=1S/C17H24N2O2/c1-5-12-6-8-14(9-7-12)19-11-13(10-15(19)20)16(21)18-17(2,3)4/h6-9,13H,5,10-11H2,1-4H3,(H,18,21)/t13-/m1/s1. The summed E-state index contributed by atoms with van der Waals surface area (Å²) in [5.41, 5.74) is 1.85. The molecule has 4 nitrogen and oxygen atoms in total. The van der Waals surface area contributed by atoms with Crippen molar-refractivity contribution >= 4 is 17.5 Å². The van der Waals surface area contributed by atoms with Crippen molar-refractivity contribution in [1.29, 1.82) is 0 Å². The van der Waals surface area contributed by atoms with Gasteiger partial charge in [0.2, 0.25) is 11.8 Å². The van der Waals surface area contributed by atoms with Gasteiger partial charge in [-0.2, -0.15) is 0 Å². The van der Waals surface area contributed by atoms with Crippen molar-refractivity contribution in [2.75, 3.05) is 11.4 Å². The molecule has 1 N–H and O–H groups in total. The minimum absolute atomic E-state index is 0.0216. The highest BCUT2D eigenvalue weighted by Gasteiger charge is 2.36. The summed E-state index contributed by atoms with van der Waals surface area (Å²) in [6, 6.07) is 7.98. The first-order valence-electron chi connectivity index (χ1n) is 7.51. The molecule has 1 aromatic carbocycles. The van der Waals surface area contributed by atoms with E-state index in [1.807, 2.05) is 45.0 Å². The van der Waals surface area contributed by atoms with Crippen molar-refractivity contribution < 1.29 is 9.59 Å². The van der Waals surface area contributed by atoms with Crippen LogP contribution >= 0.6 is 0 Å². The molecule has 0 radical (unpaired) electrons. The number of aryl methyl sites for hydroxylation is 1. The Kier molecular flexibility index (Phi) is 4.35. The fourth-order valence-electron chi connectivity index (χ4n) is 2.52. The Labute approximate surface area is 126 Å². The maximum Gasteiger partial charge on any atom is 0.227 e. The molecule has 21 heavy (non-hydrogen) atoms. The average Bonchev–Trinajstić information content (AvgIpc) is 2.79. The molecule has 1 heterocycles. The summed E-state index contributed by atoms with van der Waals surface area (Å²) in [6.07, 6.45) is 1.27. The molecule has 1 aliphatic heterocycles. The number of hydrogen-bond donors (Lipinski definition) is 1. The number of carbonyl (C=O) groups is 2. The van der Waals surface area contributed by atoms with Gasteiger partial charge < -0.3 is 10.2 Å². The zero-order valence-electron chi connectivity index (χ0n) is 13.3. The molecule has 1 fully saturated rings. The highest BCUT2D eigenvalue weighted by Crippen LogP contribution is 2.26. The van der Waals surface area contributed by atoms with E-state index in [4.69, 9.17) is 0 Å². The van der Waals surface area contributed by atoms with E-state index < -0.39 is 0 Å². The number of rotatable bonds is 3. The largest absolute Gasteiger partial charge is 0.351 e. The molecule has 2 rings (SSSR count). The molecular formula is C17H24N2O2. The van der Waals surface area contributed by atoms with Crippen LogP contribution in [-0.4, -0.2) is 23.9 Å². The van der Waals surface area contributed by atoms with Gasteiger partial charge in [-0.25, -0.2) is 0 Å². The van der Waals surface area contributed by atoms with Crippen LogP contribution < -0.4 is 10.2 Å². The van der Waals surface area contributed by atoms with Crippen molar-refractivity contribution in [2.45, 2.75) is 46.1 Å². The zero-order chi connectivity index (χ0) is 15.6. The van der Waals surface area contributed by atoms with Crippen LogP contribution in [0.5, 0.6) is 0 Å². The summed E-state index contributed by atoms with van der Waals surface area (Å²) in [6.45, 7) is 8.41. The molecule has 0 aromatic heterocycles. The Balaban J connectivity index is 2.07. The van der Waals surface area contributed by atoms with Crippen molar-refractivity contribution in [3.63, 3.8) is 0 Å². The quantitative estimate of drug-likeness (QED) is 0.929. The minimum Gasteiger partial charge on any atom is -0.351 e. The van der Waals surface area contributed by atoms with Gasteiger partial charge in [-0.05, 0) is 44.9 Å². The molecule has 114 valence electrons. The van der Waals surface area contributed by atoms with Gasteiger partial charge >= 0.3 is 0 Å². The van der Waals surface area contributed by atoms with E-state index in [0.717, 1.165) is 12.1 Å². The lowest BCUT2D eigenvalue weighted by atomic mass is 10.0. The van der Waals surface area contributed by atoms with Gasteiger partial charge in [-0.3, -0.25) is 9.59 Å². The second-order valence-corrected chi connectivity index (χ2v) is 6.66. The second-order valence-electron chi connectivity index (χ2n) is 6.66. The van der Waals surface area contributed by atoms with Crippen LogP contribution in [0.1, 0.15) is 39.7 Å². The lowest BCUT2D eigenvalue weighted by molar-refractivity contribution is -0.127. The van der Waals surface area contributed by atoms with Crippen LogP contribution in [0, 0.1) is 5.92 Å². The van der Waals surface area contributed by atoms with Crippen molar-refractivity contribution in [1.82, 2.24) is 5.32 Å². The molecule has 2 amide bonds. The zero-order valence-corrected chi connectivity index (χ0v) is 13.3. The van der Waals surface area contributed by atoms with Crippen LogP contribution in [0.25, 0.3) is 0 Å². The molecule has 0 unspecified atom stereocenters. The molecule has 0 bridgehead atoms. The molecule has 1 aliphatic rings. The van der Waals surface area contributed by atoms with Crippen LogP contribution in [0.2, 0.25) is 0 Å². The van der Waals surface area contributed by atoms with E-state index >= 15 is 0 Å². The average molecular weight is 288 g/mol. The van der Waals surface area contributed by atoms with Gasteiger partial charge in [-0.15, -0.1) is 0 Å². The fraction of sp³-hybridized carbons (Fsp3) is 0.529. The van der Waals surface area contributed by atoms with E-state index in [-0.39, 0.29) is 29.7 Å². The number of nitrogens with one attached hydrogen (secondary N) is 1. The van der Waals surface area contributed by atoms with Gasteiger partial charge in [0.25, 0.3) is 0 Å². The summed E-state index contributed by atoms with van der Waals surface area (Å²) >= 11 is 0. The van der Waals surface area contributed by atoms with Gasteiger partial charge in [0.05, 0.1) is 5.92 Å². The molecule has 0 spiro atoms. The second kappa shape index (κ2) is 5.88. The van der Waals surface area contributed by atoms with Gasteiger partial charge in [-0.1, -0.05) is 19.1 Å². The van der Waals surface area contributed by atoms with E-state index in [1.54, 1.807) is 4.90 Å². The predicted molar refractivity (Wildman–Crippen MR) is 84.2 cm³/mol. The molecule has 1 saturated heterocycles. The first kappa shape index (κ1) is 15.5. The summed E-state index contributed by atoms with van der Waals surface area (Å²) in [7, 11) is 0.